The highest BCUT2D eigenvalue weighted by Crippen LogP contribution is 2.24. The molecular weight excluding hydrogens is 228 g/mol. The Kier molecular flexibility index (Phi) is 5.44. The molecule has 0 aliphatic heterocycles. The number of aromatic nitrogens is 1. The van der Waals surface area contributed by atoms with Gasteiger partial charge in [-0.1, -0.05) is 6.58 Å². The molecule has 0 aliphatic rings. The largest absolute Gasteiger partial charge is 0.385 e. The van der Waals surface area contributed by atoms with Crippen LogP contribution in [0.3, 0.4) is 0 Å². The van der Waals surface area contributed by atoms with Crippen molar-refractivity contribution in [1.29, 1.82) is 0 Å². The van der Waals surface area contributed by atoms with Crippen molar-refractivity contribution in [2.75, 3.05) is 27.9 Å². The Morgan fingerprint density at radius 1 is 1.39 bits per heavy atom. The summed E-state index contributed by atoms with van der Waals surface area (Å²) >= 11 is 0. The van der Waals surface area contributed by atoms with Crippen LogP contribution in [0.4, 0.5) is 0 Å². The first-order valence-corrected chi connectivity index (χ1v) is 6.15. The molecule has 0 bridgehead atoms. The maximum absolute atomic E-state index is 5.17. The second kappa shape index (κ2) is 6.61. The number of hydroxylamine groups is 2. The van der Waals surface area contributed by atoms with Gasteiger partial charge in [-0.05, 0) is 26.3 Å². The highest BCUT2D eigenvalue weighted by atomic mass is 16.7. The first-order valence-electron chi connectivity index (χ1n) is 6.15. The zero-order valence-electron chi connectivity index (χ0n) is 12.1. The average Bonchev–Trinajstić information content (AvgIpc) is 2.64. The van der Waals surface area contributed by atoms with Gasteiger partial charge in [0.25, 0.3) is 0 Å². The van der Waals surface area contributed by atoms with E-state index in [1.165, 1.54) is 11.4 Å². The molecule has 0 spiro atoms. The number of methoxy groups -OCH3 is 1. The van der Waals surface area contributed by atoms with Gasteiger partial charge in [0.05, 0.1) is 12.8 Å². The van der Waals surface area contributed by atoms with Gasteiger partial charge in [-0.25, -0.2) is 0 Å². The lowest BCUT2D eigenvalue weighted by Gasteiger charge is -2.18. The highest BCUT2D eigenvalue weighted by Gasteiger charge is 2.13. The molecule has 0 atom stereocenters. The minimum absolute atomic E-state index is 0.783. The molecule has 18 heavy (non-hydrogen) atoms. The molecule has 0 saturated carbocycles. The molecule has 0 radical (unpaired) electrons. The van der Waals surface area contributed by atoms with Gasteiger partial charge in [0.15, 0.2) is 0 Å². The molecule has 4 nitrogen and oxygen atoms in total. The van der Waals surface area contributed by atoms with Gasteiger partial charge in [-0.2, -0.15) is 0 Å². The van der Waals surface area contributed by atoms with Gasteiger partial charge in [0.1, 0.15) is 0 Å². The molecule has 0 aliphatic carbocycles. The van der Waals surface area contributed by atoms with E-state index >= 15 is 0 Å². The maximum atomic E-state index is 5.17. The van der Waals surface area contributed by atoms with E-state index < -0.39 is 0 Å². The monoisotopic (exact) mass is 252 g/mol. The van der Waals surface area contributed by atoms with E-state index in [9.17, 15) is 0 Å². The Bertz CT molecular complexity index is 410. The first-order chi connectivity index (χ1) is 8.52. The van der Waals surface area contributed by atoms with Crippen LogP contribution in [0.2, 0.25) is 0 Å². The molecular formula is C14H24N2O2. The van der Waals surface area contributed by atoms with Crippen molar-refractivity contribution in [3.63, 3.8) is 0 Å². The number of aryl methyl sites for hydroxylation is 1. The maximum Gasteiger partial charge on any atom is 0.0651 e. The van der Waals surface area contributed by atoms with Crippen molar-refractivity contribution >= 4 is 5.70 Å². The molecule has 102 valence electrons. The lowest BCUT2D eigenvalue weighted by molar-refractivity contribution is -0.0524. The van der Waals surface area contributed by atoms with Crippen LogP contribution in [-0.4, -0.2) is 37.5 Å². The van der Waals surface area contributed by atoms with Crippen molar-refractivity contribution in [2.24, 2.45) is 0 Å². The molecule has 0 amide bonds. The third-order valence-electron chi connectivity index (χ3n) is 3.27. The van der Waals surface area contributed by atoms with Gasteiger partial charge in [0.2, 0.25) is 0 Å². The Hall–Kier alpha value is -1.26. The van der Waals surface area contributed by atoms with Crippen LogP contribution in [-0.2, 0) is 16.1 Å². The lowest BCUT2D eigenvalue weighted by atomic mass is 10.2. The van der Waals surface area contributed by atoms with Crippen LogP contribution < -0.4 is 0 Å². The Balaban J connectivity index is 2.89. The van der Waals surface area contributed by atoms with Crippen LogP contribution in [0.25, 0.3) is 5.70 Å². The zero-order valence-corrected chi connectivity index (χ0v) is 12.1. The smallest absolute Gasteiger partial charge is 0.0651 e. The zero-order chi connectivity index (χ0) is 13.7. The molecule has 0 fully saturated rings. The topological polar surface area (TPSA) is 26.6 Å². The van der Waals surface area contributed by atoms with E-state index in [0.29, 0.717) is 0 Å². The fraction of sp³-hybridized carbons (Fsp3) is 0.571. The third kappa shape index (κ3) is 3.15. The minimum Gasteiger partial charge on any atom is -0.385 e. The van der Waals surface area contributed by atoms with Gasteiger partial charge in [-0.15, -0.1) is 0 Å². The third-order valence-corrected chi connectivity index (χ3v) is 3.27. The van der Waals surface area contributed by atoms with E-state index in [1.807, 2.05) is 7.05 Å². The average molecular weight is 252 g/mol. The summed E-state index contributed by atoms with van der Waals surface area (Å²) in [5.74, 6) is 0. The SMILES string of the molecule is C=C(c1cc(C)n(CCCOC)c1C)N(C)OC. The van der Waals surface area contributed by atoms with Gasteiger partial charge in [0, 0.05) is 44.3 Å². The summed E-state index contributed by atoms with van der Waals surface area (Å²) in [6.45, 7) is 10.1. The minimum atomic E-state index is 0.783. The summed E-state index contributed by atoms with van der Waals surface area (Å²) in [5, 5.41) is 1.68. The van der Waals surface area contributed by atoms with Crippen molar-refractivity contribution in [3.8, 4) is 0 Å². The van der Waals surface area contributed by atoms with Crippen molar-refractivity contribution < 1.29 is 9.57 Å². The second-order valence-corrected chi connectivity index (χ2v) is 4.41. The van der Waals surface area contributed by atoms with E-state index in [0.717, 1.165) is 30.8 Å². The molecule has 0 unspecified atom stereocenters. The van der Waals surface area contributed by atoms with Crippen LogP contribution in [0.5, 0.6) is 0 Å². The number of rotatable bonds is 7. The number of nitrogens with zero attached hydrogens (tertiary/aromatic N) is 2. The summed E-state index contributed by atoms with van der Waals surface area (Å²) < 4.78 is 7.39. The van der Waals surface area contributed by atoms with E-state index in [2.05, 4.69) is 31.1 Å². The first kappa shape index (κ1) is 14.8. The normalized spacial score (nSPS) is 10.7. The molecule has 0 aromatic carbocycles. The molecule has 1 heterocycles. The highest BCUT2D eigenvalue weighted by molar-refractivity contribution is 5.64. The Morgan fingerprint density at radius 2 is 2.06 bits per heavy atom. The number of hydrogen-bond acceptors (Lipinski definition) is 3. The molecule has 0 saturated heterocycles. The van der Waals surface area contributed by atoms with E-state index in [1.54, 1.807) is 19.3 Å². The Morgan fingerprint density at radius 3 is 2.61 bits per heavy atom. The summed E-state index contributed by atoms with van der Waals surface area (Å²) in [4.78, 5) is 5.17. The predicted molar refractivity (Wildman–Crippen MR) is 74.2 cm³/mol. The lowest BCUT2D eigenvalue weighted by Crippen LogP contribution is -2.14. The van der Waals surface area contributed by atoms with E-state index in [-0.39, 0.29) is 0 Å². The van der Waals surface area contributed by atoms with Crippen LogP contribution >= 0.6 is 0 Å². The second-order valence-electron chi connectivity index (χ2n) is 4.41. The van der Waals surface area contributed by atoms with Crippen LogP contribution in [0.1, 0.15) is 23.4 Å². The summed E-state index contributed by atoms with van der Waals surface area (Å²) in [5.41, 5.74) is 4.47. The van der Waals surface area contributed by atoms with Crippen molar-refractivity contribution in [1.82, 2.24) is 9.63 Å². The number of hydrogen-bond donors (Lipinski definition) is 0. The predicted octanol–water partition coefficient (Wildman–Crippen LogP) is 2.61. The quantitative estimate of drug-likeness (QED) is 0.551. The van der Waals surface area contributed by atoms with Crippen LogP contribution in [0, 0.1) is 13.8 Å². The van der Waals surface area contributed by atoms with Crippen LogP contribution in [0.15, 0.2) is 12.6 Å². The van der Waals surface area contributed by atoms with Gasteiger partial charge < -0.3 is 9.30 Å². The number of ether oxygens (including phenoxy) is 1. The van der Waals surface area contributed by atoms with Crippen molar-refractivity contribution in [2.45, 2.75) is 26.8 Å². The summed E-state index contributed by atoms with van der Waals surface area (Å²) in [6, 6.07) is 2.15. The molecule has 1 rings (SSSR count). The molecule has 0 N–H and O–H groups in total. The molecule has 4 heteroatoms. The van der Waals surface area contributed by atoms with Gasteiger partial charge in [-0.3, -0.25) is 9.90 Å². The fourth-order valence-electron chi connectivity index (χ4n) is 2.08. The summed E-state index contributed by atoms with van der Waals surface area (Å²) in [7, 11) is 5.23. The fourth-order valence-corrected chi connectivity index (χ4v) is 2.08. The standard InChI is InChI=1S/C14H24N2O2/c1-11-10-14(12(2)15(4)18-6)13(3)16(11)8-7-9-17-5/h10H,2,7-9H2,1,3-6H3. The molecule has 1 aromatic heterocycles. The Labute approximate surface area is 110 Å². The van der Waals surface area contributed by atoms with E-state index in [4.69, 9.17) is 9.57 Å². The van der Waals surface area contributed by atoms with Gasteiger partial charge >= 0.3 is 0 Å². The van der Waals surface area contributed by atoms with Crippen molar-refractivity contribution in [3.05, 3.63) is 29.6 Å². The molecule has 1 aromatic rings. The summed E-state index contributed by atoms with van der Waals surface area (Å²) in [6.07, 6.45) is 1.01.